The average molecular weight is 354 g/mol. The summed E-state index contributed by atoms with van der Waals surface area (Å²) in [5.41, 5.74) is 0.653. The molecule has 1 aromatic carbocycles. The number of nitrogens with zero attached hydrogens (tertiary/aromatic N) is 1. The fourth-order valence-corrected chi connectivity index (χ4v) is 2.29. The summed E-state index contributed by atoms with van der Waals surface area (Å²) in [5.74, 6) is 0.0584. The normalized spacial score (nSPS) is 15.8. The molecule has 0 atom stereocenters. The Morgan fingerprint density at radius 2 is 2.11 bits per heavy atom. The maximum Gasteiger partial charge on any atom is 0.253 e. The van der Waals surface area contributed by atoms with Crippen molar-refractivity contribution >= 4 is 45.8 Å². The highest BCUT2D eigenvalue weighted by molar-refractivity contribution is 9.10. The van der Waals surface area contributed by atoms with Gasteiger partial charge in [0.05, 0.1) is 5.02 Å². The average Bonchev–Trinajstić information content (AvgIpc) is 2.60. The third-order valence-corrected chi connectivity index (χ3v) is 4.03. The van der Waals surface area contributed by atoms with Crippen molar-refractivity contribution in [2.24, 2.45) is 0 Å². The zero-order valence-electron chi connectivity index (χ0n) is 9.79. The first-order valence-corrected chi connectivity index (χ1v) is 6.80. The lowest BCUT2D eigenvalue weighted by molar-refractivity contribution is 0.0766. The van der Waals surface area contributed by atoms with E-state index in [1.807, 2.05) is 11.0 Å². The van der Waals surface area contributed by atoms with Gasteiger partial charge in [0.25, 0.3) is 5.91 Å². The predicted octanol–water partition coefficient (Wildman–Crippen LogP) is 2.96. The summed E-state index contributed by atoms with van der Waals surface area (Å²) >= 11 is 9.32. The molecule has 100 valence electrons. The van der Waals surface area contributed by atoms with Gasteiger partial charge in [-0.05, 0) is 47.1 Å². The molecule has 1 N–H and O–H groups in total. The molecule has 6 heteroatoms. The van der Waals surface area contributed by atoms with E-state index in [1.165, 1.54) is 0 Å². The maximum absolute atomic E-state index is 12.2. The monoisotopic (exact) mass is 352 g/mol. The van der Waals surface area contributed by atoms with E-state index in [-0.39, 0.29) is 18.3 Å². The molecule has 3 nitrogen and oxygen atoms in total. The maximum atomic E-state index is 12.2. The van der Waals surface area contributed by atoms with Crippen molar-refractivity contribution in [1.29, 1.82) is 0 Å². The molecule has 2 rings (SSSR count). The Balaban J connectivity index is 0.00000162. The number of halogens is 3. The number of amides is 1. The van der Waals surface area contributed by atoms with Crippen molar-refractivity contribution in [2.75, 3.05) is 26.2 Å². The summed E-state index contributed by atoms with van der Waals surface area (Å²) in [6, 6.07) is 5.33. The molecule has 1 aliphatic heterocycles. The Morgan fingerprint density at radius 3 is 2.83 bits per heavy atom. The van der Waals surface area contributed by atoms with E-state index < -0.39 is 0 Å². The number of hydrogen-bond acceptors (Lipinski definition) is 2. The highest BCUT2D eigenvalue weighted by Crippen LogP contribution is 2.23. The Hall–Kier alpha value is -0.290. The summed E-state index contributed by atoms with van der Waals surface area (Å²) in [5, 5.41) is 3.85. The first-order chi connectivity index (χ1) is 8.18. The number of carbonyl (C=O) groups is 1. The van der Waals surface area contributed by atoms with Gasteiger partial charge in [-0.2, -0.15) is 0 Å². The number of nitrogens with one attached hydrogen (secondary N) is 1. The Kier molecular flexibility index (Phi) is 6.43. The van der Waals surface area contributed by atoms with E-state index in [4.69, 9.17) is 11.6 Å². The molecule has 0 aromatic heterocycles. The lowest BCUT2D eigenvalue weighted by atomic mass is 10.2. The lowest BCUT2D eigenvalue weighted by Crippen LogP contribution is -2.34. The molecule has 0 spiro atoms. The second-order valence-electron chi connectivity index (χ2n) is 4.02. The number of hydrogen-bond donors (Lipinski definition) is 1. The minimum absolute atomic E-state index is 0. The van der Waals surface area contributed by atoms with Crippen molar-refractivity contribution in [1.82, 2.24) is 10.2 Å². The fraction of sp³-hybridized carbons (Fsp3) is 0.417. The van der Waals surface area contributed by atoms with Crippen LogP contribution in [0.15, 0.2) is 22.7 Å². The third-order valence-electron chi connectivity index (χ3n) is 2.79. The first kappa shape index (κ1) is 15.8. The quantitative estimate of drug-likeness (QED) is 0.841. The first-order valence-electron chi connectivity index (χ1n) is 5.63. The van der Waals surface area contributed by atoms with E-state index in [0.29, 0.717) is 10.6 Å². The predicted molar refractivity (Wildman–Crippen MR) is 79.8 cm³/mol. The van der Waals surface area contributed by atoms with Crippen LogP contribution in [0.25, 0.3) is 0 Å². The van der Waals surface area contributed by atoms with Crippen LogP contribution >= 0.6 is 39.9 Å². The van der Waals surface area contributed by atoms with Crippen LogP contribution in [0.4, 0.5) is 0 Å². The van der Waals surface area contributed by atoms with Crippen LogP contribution in [0.2, 0.25) is 5.02 Å². The lowest BCUT2D eigenvalue weighted by Gasteiger charge is -2.20. The Morgan fingerprint density at radius 1 is 1.33 bits per heavy atom. The molecule has 0 unspecified atom stereocenters. The molecular weight excluding hydrogens is 339 g/mol. The summed E-state index contributed by atoms with van der Waals surface area (Å²) in [7, 11) is 0. The van der Waals surface area contributed by atoms with Gasteiger partial charge in [-0.15, -0.1) is 12.4 Å². The van der Waals surface area contributed by atoms with Gasteiger partial charge >= 0.3 is 0 Å². The van der Waals surface area contributed by atoms with E-state index >= 15 is 0 Å². The van der Waals surface area contributed by atoms with Crippen LogP contribution in [-0.4, -0.2) is 37.0 Å². The molecule has 18 heavy (non-hydrogen) atoms. The van der Waals surface area contributed by atoms with Gasteiger partial charge in [0.15, 0.2) is 0 Å². The van der Waals surface area contributed by atoms with Crippen molar-refractivity contribution in [3.63, 3.8) is 0 Å². The van der Waals surface area contributed by atoms with Crippen LogP contribution in [0.1, 0.15) is 16.8 Å². The van der Waals surface area contributed by atoms with Crippen LogP contribution in [0.5, 0.6) is 0 Å². The molecule has 1 fully saturated rings. The molecule has 0 radical (unpaired) electrons. The minimum Gasteiger partial charge on any atom is -0.337 e. The van der Waals surface area contributed by atoms with Gasteiger partial charge in [0.1, 0.15) is 0 Å². The molecule has 1 amide bonds. The van der Waals surface area contributed by atoms with Gasteiger partial charge in [0, 0.05) is 29.7 Å². The molecule has 0 aliphatic carbocycles. The molecule has 1 aliphatic rings. The number of carbonyl (C=O) groups excluding carboxylic acids is 1. The highest BCUT2D eigenvalue weighted by atomic mass is 79.9. The molecule has 1 saturated heterocycles. The van der Waals surface area contributed by atoms with Gasteiger partial charge in [-0.3, -0.25) is 4.79 Å². The van der Waals surface area contributed by atoms with E-state index in [2.05, 4.69) is 21.2 Å². The number of benzene rings is 1. The van der Waals surface area contributed by atoms with Gasteiger partial charge in [0.2, 0.25) is 0 Å². The largest absolute Gasteiger partial charge is 0.337 e. The van der Waals surface area contributed by atoms with Crippen molar-refractivity contribution in [3.05, 3.63) is 33.3 Å². The molecule has 0 saturated carbocycles. The topological polar surface area (TPSA) is 32.3 Å². The number of rotatable bonds is 1. The van der Waals surface area contributed by atoms with Gasteiger partial charge in [-0.1, -0.05) is 11.6 Å². The molecule has 0 bridgehead atoms. The summed E-state index contributed by atoms with van der Waals surface area (Å²) in [6.45, 7) is 3.40. The smallest absolute Gasteiger partial charge is 0.253 e. The van der Waals surface area contributed by atoms with Crippen molar-refractivity contribution in [2.45, 2.75) is 6.42 Å². The van der Waals surface area contributed by atoms with Crippen LogP contribution in [0.3, 0.4) is 0 Å². The summed E-state index contributed by atoms with van der Waals surface area (Å²) in [6.07, 6.45) is 0.996. The summed E-state index contributed by atoms with van der Waals surface area (Å²) in [4.78, 5) is 14.1. The molecular formula is C12H15BrCl2N2O. The molecule has 1 aromatic rings. The third kappa shape index (κ3) is 3.85. The SMILES string of the molecule is Cl.O=C(c1ccc(Br)c(Cl)c1)N1CCCNCC1. The highest BCUT2D eigenvalue weighted by Gasteiger charge is 2.17. The van der Waals surface area contributed by atoms with Gasteiger partial charge < -0.3 is 10.2 Å². The van der Waals surface area contributed by atoms with Gasteiger partial charge in [-0.25, -0.2) is 0 Å². The van der Waals surface area contributed by atoms with Crippen LogP contribution in [0, 0.1) is 0 Å². The second kappa shape index (κ2) is 7.34. The fourth-order valence-electron chi connectivity index (χ4n) is 1.86. The van der Waals surface area contributed by atoms with E-state index in [9.17, 15) is 4.79 Å². The van der Waals surface area contributed by atoms with Crippen LogP contribution in [-0.2, 0) is 0 Å². The standard InChI is InChI=1S/C12H14BrClN2O.ClH/c13-10-3-2-9(8-11(10)14)12(17)16-6-1-4-15-5-7-16;/h2-3,8,15H,1,4-7H2;1H. The van der Waals surface area contributed by atoms with E-state index in [1.54, 1.807) is 12.1 Å². The zero-order chi connectivity index (χ0) is 12.3. The van der Waals surface area contributed by atoms with Crippen LogP contribution < -0.4 is 5.32 Å². The second-order valence-corrected chi connectivity index (χ2v) is 5.29. The Labute approximate surface area is 126 Å². The zero-order valence-corrected chi connectivity index (χ0v) is 12.9. The Bertz CT molecular complexity index is 421. The van der Waals surface area contributed by atoms with Crippen molar-refractivity contribution < 1.29 is 4.79 Å². The van der Waals surface area contributed by atoms with Crippen molar-refractivity contribution in [3.8, 4) is 0 Å². The molecule has 1 heterocycles. The van der Waals surface area contributed by atoms with E-state index in [0.717, 1.165) is 37.1 Å². The summed E-state index contributed by atoms with van der Waals surface area (Å²) < 4.78 is 0.813. The minimum atomic E-state index is 0.